The Balaban J connectivity index is -0.000000156. The van der Waals surface area contributed by atoms with Crippen molar-refractivity contribution in [1.29, 1.82) is 10.5 Å². The second kappa shape index (κ2) is 26.4. The first-order valence-corrected chi connectivity index (χ1v) is 15.9. The fourth-order valence-corrected chi connectivity index (χ4v) is 1.26. The van der Waals surface area contributed by atoms with Gasteiger partial charge in [0.25, 0.3) is 0 Å². The van der Waals surface area contributed by atoms with Crippen molar-refractivity contribution in [2.24, 2.45) is 0 Å². The Hall–Kier alpha value is 1.80. The van der Waals surface area contributed by atoms with Gasteiger partial charge in [0.1, 0.15) is -0.565 Å². The van der Waals surface area contributed by atoms with Crippen LogP contribution in [0.2, 0.25) is 0 Å². The van der Waals surface area contributed by atoms with Gasteiger partial charge in [0.2, 0.25) is 0 Å². The molecule has 0 bridgehead atoms. The van der Waals surface area contributed by atoms with Gasteiger partial charge < -0.3 is 0 Å². The molecule has 0 aliphatic carbocycles. The lowest BCUT2D eigenvalue weighted by Crippen LogP contribution is -1.82. The molecule has 0 heterocycles. The molecule has 0 spiro atoms. The summed E-state index contributed by atoms with van der Waals surface area (Å²) in [5, 5.41) is 16.8. The van der Waals surface area contributed by atoms with Crippen molar-refractivity contribution >= 4 is 136 Å². The molecule has 31 heavy (non-hydrogen) atoms. The van der Waals surface area contributed by atoms with Gasteiger partial charge in [-0.1, -0.05) is 185 Å². The Kier molecular flexibility index (Phi) is 34.1. The van der Waals surface area contributed by atoms with Crippen LogP contribution in [0.3, 0.4) is 0 Å². The first-order valence-electron chi connectivity index (χ1n) is 8.65. The normalized spacial score (nSPS) is 8.58. The average Bonchev–Trinajstić information content (AvgIpc) is 2.62. The zero-order chi connectivity index (χ0) is 24.2. The van der Waals surface area contributed by atoms with Crippen LogP contribution in [-0.2, 0) is 0 Å². The maximum atomic E-state index is 8.38. The van der Waals surface area contributed by atoms with Crippen molar-refractivity contribution in [2.75, 3.05) is 4.43 Å². The third-order valence-corrected chi connectivity index (χ3v) is 2.36. The van der Waals surface area contributed by atoms with E-state index in [-0.39, 0.29) is 7.43 Å². The third-order valence-electron chi connectivity index (χ3n) is 2.36. The molecule has 0 saturated heterocycles. The van der Waals surface area contributed by atoms with E-state index in [0.717, 1.165) is 13.1 Å². The quantitative estimate of drug-likeness (QED) is 0.195. The second-order valence-corrected chi connectivity index (χ2v) is 25.8. The highest BCUT2D eigenvalue weighted by molar-refractivity contribution is 14.3. The summed E-state index contributed by atoms with van der Waals surface area (Å²) in [5.74, 6) is 0. The number of rotatable bonds is 0. The molecule has 8 heteroatoms. The predicted octanol–water partition coefficient (Wildman–Crippen LogP) is 11.0. The van der Waals surface area contributed by atoms with Crippen molar-refractivity contribution < 1.29 is 0 Å². The third kappa shape index (κ3) is 42.4. The standard InChI is InChI=1S/2C8H7N.C2H3I3.C2H4I2.C2H5I.CH4/c2*1-7-2-4-8(6-9)5-3-7;1-2(3,4)5;1-2(3)4;1-2-3;/h2*2-5H,1H3;1H3;2H,1H3;2H2,1H3;1H4. The molecule has 0 fully saturated rings. The number of benzene rings is 2. The van der Waals surface area contributed by atoms with Crippen LogP contribution < -0.4 is 0 Å². The molecular formula is C23H30I6N2. The summed E-state index contributed by atoms with van der Waals surface area (Å²) in [6.45, 7) is 10.4. The monoisotopic (exact) mass is 1100 g/mol. The molecule has 2 rings (SSSR count). The van der Waals surface area contributed by atoms with Crippen LogP contribution in [0.15, 0.2) is 48.5 Å². The van der Waals surface area contributed by atoms with Gasteiger partial charge in [-0.15, -0.1) is 0 Å². The molecule has 0 aromatic heterocycles. The zero-order valence-electron chi connectivity index (χ0n) is 17.6. The van der Waals surface area contributed by atoms with Crippen LogP contribution in [0.5, 0.6) is 0 Å². The Morgan fingerprint density at radius 1 is 0.806 bits per heavy atom. The largest absolute Gasteiger partial charge is 0.192 e. The second-order valence-electron chi connectivity index (χ2n) is 5.52. The molecule has 0 saturated carbocycles. The highest BCUT2D eigenvalue weighted by Crippen LogP contribution is 2.33. The molecule has 0 radical (unpaired) electrons. The van der Waals surface area contributed by atoms with Gasteiger partial charge >= 0.3 is 0 Å². The van der Waals surface area contributed by atoms with Crippen LogP contribution in [0.1, 0.15) is 50.5 Å². The van der Waals surface area contributed by atoms with Crippen LogP contribution >= 0.6 is 136 Å². The van der Waals surface area contributed by atoms with E-state index in [0.29, 0.717) is -0.565 Å². The molecule has 0 N–H and O–H groups in total. The van der Waals surface area contributed by atoms with Crippen molar-refractivity contribution in [2.45, 2.75) is 43.4 Å². The number of halogens is 6. The van der Waals surface area contributed by atoms with E-state index in [9.17, 15) is 0 Å². The lowest BCUT2D eigenvalue weighted by Gasteiger charge is -1.96. The van der Waals surface area contributed by atoms with Crippen LogP contribution in [0.25, 0.3) is 0 Å². The minimum Gasteiger partial charge on any atom is -0.192 e. The lowest BCUT2D eigenvalue weighted by atomic mass is 10.2. The van der Waals surface area contributed by atoms with E-state index in [1.807, 2.05) is 62.4 Å². The molecule has 2 aromatic rings. The summed E-state index contributed by atoms with van der Waals surface area (Å²) < 4.78 is 2.40. The molecule has 0 unspecified atom stereocenters. The van der Waals surface area contributed by atoms with Gasteiger partial charge in [0, 0.05) is 0 Å². The first kappa shape index (κ1) is 40.0. The van der Waals surface area contributed by atoms with E-state index in [2.05, 4.69) is 168 Å². The van der Waals surface area contributed by atoms with E-state index < -0.39 is 0 Å². The lowest BCUT2D eigenvalue weighted by molar-refractivity contribution is 1.43. The molecule has 2 nitrogen and oxygen atoms in total. The van der Waals surface area contributed by atoms with Crippen molar-refractivity contribution in [3.8, 4) is 12.1 Å². The van der Waals surface area contributed by atoms with Crippen molar-refractivity contribution in [1.82, 2.24) is 0 Å². The van der Waals surface area contributed by atoms with Crippen LogP contribution in [0, 0.1) is 36.5 Å². The fraction of sp³-hybridized carbons (Fsp3) is 0.391. The van der Waals surface area contributed by atoms with Crippen molar-refractivity contribution in [3.63, 3.8) is 0 Å². The SMILES string of the molecule is C.CC(I)(I)I.CC(I)I.CCI.Cc1ccc(C#N)cc1.Cc1ccc(C#N)cc1. The zero-order valence-corrected chi connectivity index (χ0v) is 30.5. The van der Waals surface area contributed by atoms with E-state index >= 15 is 0 Å². The minimum absolute atomic E-state index is 0. The fourth-order valence-electron chi connectivity index (χ4n) is 1.26. The highest BCUT2D eigenvalue weighted by atomic mass is 127. The van der Waals surface area contributed by atoms with Gasteiger partial charge in [0.15, 0.2) is 0 Å². The van der Waals surface area contributed by atoms with Gasteiger partial charge in [-0.05, 0) is 56.4 Å². The molecular weight excluding hydrogens is 1070 g/mol. The number of hydrogen-bond acceptors (Lipinski definition) is 2. The molecule has 0 amide bonds. The number of nitriles is 2. The Bertz CT molecular complexity index is 661. The smallest absolute Gasteiger partial charge is 0.121 e. The number of hydrogen-bond donors (Lipinski definition) is 0. The molecule has 0 aliphatic heterocycles. The van der Waals surface area contributed by atoms with Crippen LogP contribution in [0.4, 0.5) is 0 Å². The Morgan fingerprint density at radius 3 is 1.10 bits per heavy atom. The van der Waals surface area contributed by atoms with Gasteiger partial charge in [0.05, 0.1) is 25.2 Å². The summed E-state index contributed by atoms with van der Waals surface area (Å²) >= 11 is 14.0. The van der Waals surface area contributed by atoms with Gasteiger partial charge in [-0.25, -0.2) is 0 Å². The van der Waals surface area contributed by atoms with E-state index in [4.69, 9.17) is 10.5 Å². The van der Waals surface area contributed by atoms with Crippen molar-refractivity contribution in [3.05, 3.63) is 70.8 Å². The maximum absolute atomic E-state index is 8.38. The number of alkyl halides is 6. The first-order chi connectivity index (χ1) is 13.8. The number of aryl methyl sites for hydroxylation is 2. The summed E-state index contributed by atoms with van der Waals surface area (Å²) in [7, 11) is 0. The predicted molar refractivity (Wildman–Crippen MR) is 191 cm³/mol. The summed E-state index contributed by atoms with van der Waals surface area (Å²) in [6, 6.07) is 19.1. The summed E-state index contributed by atoms with van der Waals surface area (Å²) in [6.07, 6.45) is 0. The number of nitrogens with zero attached hydrogens (tertiary/aromatic N) is 2. The summed E-state index contributed by atoms with van der Waals surface area (Å²) in [5.41, 5.74) is 3.82. The van der Waals surface area contributed by atoms with Gasteiger partial charge in [-0.2, -0.15) is 10.5 Å². The molecule has 2 aromatic carbocycles. The topological polar surface area (TPSA) is 47.6 Å². The maximum Gasteiger partial charge on any atom is 0.121 e. The summed E-state index contributed by atoms with van der Waals surface area (Å²) in [4.78, 5) is 0. The van der Waals surface area contributed by atoms with E-state index in [1.165, 1.54) is 15.6 Å². The van der Waals surface area contributed by atoms with Gasteiger partial charge in [-0.3, -0.25) is 0 Å². The molecule has 0 atom stereocenters. The average molecular weight is 1100 g/mol. The Morgan fingerprint density at radius 2 is 0.968 bits per heavy atom. The molecule has 174 valence electrons. The highest BCUT2D eigenvalue weighted by Gasteiger charge is 2.04. The molecule has 0 aliphatic rings. The van der Waals surface area contributed by atoms with E-state index in [1.54, 1.807) is 0 Å². The van der Waals surface area contributed by atoms with Crippen LogP contribution in [-0.4, -0.2) is 5.79 Å². The Labute approximate surface area is 272 Å². The minimum atomic E-state index is 0.